The van der Waals surface area contributed by atoms with E-state index in [1.165, 1.54) is 19.3 Å². The lowest BCUT2D eigenvalue weighted by Gasteiger charge is -2.14. The molecule has 20 heavy (non-hydrogen) atoms. The highest BCUT2D eigenvalue weighted by Crippen LogP contribution is 2.31. The second kappa shape index (κ2) is 5.46. The van der Waals surface area contributed by atoms with Crippen LogP contribution in [0.3, 0.4) is 0 Å². The standard InChI is InChI=1S/C16H18N4/c1-11-6-7-12(8-11)10-18-16-13-4-2-3-5-14(13)19-20-15(16)9-17/h2-5,11-12H,6-8,10H2,1H3,(H,18,19). The minimum atomic E-state index is 0.384. The van der Waals surface area contributed by atoms with Gasteiger partial charge in [0.15, 0.2) is 5.69 Å². The Morgan fingerprint density at radius 1 is 1.30 bits per heavy atom. The molecule has 1 aliphatic carbocycles. The van der Waals surface area contributed by atoms with Crippen LogP contribution in [0.25, 0.3) is 10.9 Å². The van der Waals surface area contributed by atoms with Gasteiger partial charge in [-0.25, -0.2) is 0 Å². The minimum Gasteiger partial charge on any atom is -0.382 e. The Morgan fingerprint density at radius 2 is 2.15 bits per heavy atom. The number of hydrogen-bond acceptors (Lipinski definition) is 4. The van der Waals surface area contributed by atoms with E-state index in [1.807, 2.05) is 24.3 Å². The molecule has 0 aliphatic heterocycles. The predicted molar refractivity (Wildman–Crippen MR) is 79.2 cm³/mol. The van der Waals surface area contributed by atoms with Crippen molar-refractivity contribution >= 4 is 16.6 Å². The summed E-state index contributed by atoms with van der Waals surface area (Å²) < 4.78 is 0. The first kappa shape index (κ1) is 12.9. The molecule has 0 bridgehead atoms. The molecule has 1 saturated carbocycles. The monoisotopic (exact) mass is 266 g/mol. The third kappa shape index (κ3) is 2.44. The van der Waals surface area contributed by atoms with Crippen LogP contribution in [0.15, 0.2) is 24.3 Å². The van der Waals surface area contributed by atoms with Gasteiger partial charge in [-0.2, -0.15) is 5.26 Å². The van der Waals surface area contributed by atoms with Gasteiger partial charge in [0.1, 0.15) is 6.07 Å². The lowest BCUT2D eigenvalue weighted by Crippen LogP contribution is -2.13. The maximum absolute atomic E-state index is 9.22. The van der Waals surface area contributed by atoms with Crippen LogP contribution in [0.1, 0.15) is 31.9 Å². The van der Waals surface area contributed by atoms with E-state index in [2.05, 4.69) is 28.5 Å². The average molecular weight is 266 g/mol. The minimum absolute atomic E-state index is 0.384. The van der Waals surface area contributed by atoms with Gasteiger partial charge in [-0.15, -0.1) is 10.2 Å². The molecular formula is C16H18N4. The number of rotatable bonds is 3. The molecule has 4 nitrogen and oxygen atoms in total. The Hall–Kier alpha value is -2.15. The second-order valence-corrected chi connectivity index (χ2v) is 5.72. The van der Waals surface area contributed by atoms with Crippen molar-refractivity contribution in [3.8, 4) is 6.07 Å². The van der Waals surface area contributed by atoms with Crippen molar-refractivity contribution in [2.24, 2.45) is 11.8 Å². The van der Waals surface area contributed by atoms with E-state index in [0.29, 0.717) is 11.6 Å². The summed E-state index contributed by atoms with van der Waals surface area (Å²) >= 11 is 0. The van der Waals surface area contributed by atoms with E-state index < -0.39 is 0 Å². The van der Waals surface area contributed by atoms with Crippen molar-refractivity contribution in [3.63, 3.8) is 0 Å². The van der Waals surface area contributed by atoms with Crippen LogP contribution in [-0.4, -0.2) is 16.7 Å². The Bertz CT molecular complexity index is 659. The molecule has 1 fully saturated rings. The van der Waals surface area contributed by atoms with Gasteiger partial charge < -0.3 is 5.32 Å². The van der Waals surface area contributed by atoms with Crippen molar-refractivity contribution in [2.45, 2.75) is 26.2 Å². The van der Waals surface area contributed by atoms with Gasteiger partial charge in [-0.05, 0) is 30.7 Å². The second-order valence-electron chi connectivity index (χ2n) is 5.72. The molecule has 0 radical (unpaired) electrons. The molecular weight excluding hydrogens is 248 g/mol. The molecule has 2 atom stereocenters. The van der Waals surface area contributed by atoms with Gasteiger partial charge in [0.25, 0.3) is 0 Å². The molecule has 0 saturated heterocycles. The van der Waals surface area contributed by atoms with E-state index in [4.69, 9.17) is 0 Å². The zero-order chi connectivity index (χ0) is 13.9. The van der Waals surface area contributed by atoms with Crippen LogP contribution in [0, 0.1) is 23.2 Å². The fourth-order valence-electron chi connectivity index (χ4n) is 3.07. The smallest absolute Gasteiger partial charge is 0.186 e. The number of fused-ring (bicyclic) bond motifs is 1. The van der Waals surface area contributed by atoms with Crippen molar-refractivity contribution in [1.29, 1.82) is 5.26 Å². The van der Waals surface area contributed by atoms with Crippen molar-refractivity contribution in [2.75, 3.05) is 11.9 Å². The highest BCUT2D eigenvalue weighted by Gasteiger charge is 2.21. The van der Waals surface area contributed by atoms with Crippen LogP contribution < -0.4 is 5.32 Å². The van der Waals surface area contributed by atoms with Crippen LogP contribution in [0.2, 0.25) is 0 Å². The summed E-state index contributed by atoms with van der Waals surface area (Å²) in [6.45, 7) is 3.22. The first-order valence-corrected chi connectivity index (χ1v) is 7.17. The maximum Gasteiger partial charge on any atom is 0.186 e. The molecule has 3 rings (SSSR count). The normalized spacial score (nSPS) is 21.8. The van der Waals surface area contributed by atoms with E-state index in [-0.39, 0.29) is 0 Å². The summed E-state index contributed by atoms with van der Waals surface area (Å²) in [5, 5.41) is 21.7. The number of hydrogen-bond donors (Lipinski definition) is 1. The van der Waals surface area contributed by atoms with Crippen LogP contribution in [-0.2, 0) is 0 Å². The number of nitrogens with one attached hydrogen (secondary N) is 1. The first-order chi connectivity index (χ1) is 9.78. The quantitative estimate of drug-likeness (QED) is 0.925. The van der Waals surface area contributed by atoms with Gasteiger partial charge in [-0.3, -0.25) is 0 Å². The summed E-state index contributed by atoms with van der Waals surface area (Å²) in [6.07, 6.45) is 3.85. The average Bonchev–Trinajstić information content (AvgIpc) is 2.90. The van der Waals surface area contributed by atoms with Gasteiger partial charge in [-0.1, -0.05) is 31.5 Å². The molecule has 1 heterocycles. The fraction of sp³-hybridized carbons (Fsp3) is 0.438. The van der Waals surface area contributed by atoms with Crippen LogP contribution in [0.5, 0.6) is 0 Å². The summed E-state index contributed by atoms with van der Waals surface area (Å²) in [5.74, 6) is 1.52. The Labute approximate surface area is 118 Å². The predicted octanol–water partition coefficient (Wildman–Crippen LogP) is 3.35. The Balaban J connectivity index is 1.87. The number of nitrogens with zero attached hydrogens (tertiary/aromatic N) is 3. The fourth-order valence-corrected chi connectivity index (χ4v) is 3.07. The number of nitriles is 1. The molecule has 2 unspecified atom stereocenters. The van der Waals surface area contributed by atoms with E-state index in [1.54, 1.807) is 0 Å². The largest absolute Gasteiger partial charge is 0.382 e. The van der Waals surface area contributed by atoms with E-state index in [9.17, 15) is 5.26 Å². The zero-order valence-corrected chi connectivity index (χ0v) is 11.6. The molecule has 1 N–H and O–H groups in total. The van der Waals surface area contributed by atoms with Gasteiger partial charge in [0, 0.05) is 11.9 Å². The van der Waals surface area contributed by atoms with Gasteiger partial charge in [0.05, 0.1) is 11.2 Å². The zero-order valence-electron chi connectivity index (χ0n) is 11.6. The van der Waals surface area contributed by atoms with E-state index in [0.717, 1.165) is 29.1 Å². The molecule has 2 aromatic rings. The Kier molecular flexibility index (Phi) is 3.51. The summed E-state index contributed by atoms with van der Waals surface area (Å²) in [6, 6.07) is 9.95. The lowest BCUT2D eigenvalue weighted by molar-refractivity contribution is 0.537. The van der Waals surface area contributed by atoms with Gasteiger partial charge >= 0.3 is 0 Å². The molecule has 1 aromatic heterocycles. The number of anilines is 1. The third-order valence-corrected chi connectivity index (χ3v) is 4.14. The lowest BCUT2D eigenvalue weighted by atomic mass is 10.1. The number of benzene rings is 1. The molecule has 1 aliphatic rings. The van der Waals surface area contributed by atoms with Crippen molar-refractivity contribution in [3.05, 3.63) is 30.0 Å². The molecule has 0 spiro atoms. The first-order valence-electron chi connectivity index (χ1n) is 7.17. The highest BCUT2D eigenvalue weighted by molar-refractivity contribution is 5.92. The SMILES string of the molecule is CC1CCC(CNc2c(C#N)nnc3ccccc23)C1. The topological polar surface area (TPSA) is 61.6 Å². The van der Waals surface area contributed by atoms with Crippen molar-refractivity contribution in [1.82, 2.24) is 10.2 Å². The Morgan fingerprint density at radius 3 is 2.90 bits per heavy atom. The third-order valence-electron chi connectivity index (χ3n) is 4.14. The van der Waals surface area contributed by atoms with Gasteiger partial charge in [0.2, 0.25) is 0 Å². The van der Waals surface area contributed by atoms with Crippen LogP contribution >= 0.6 is 0 Å². The highest BCUT2D eigenvalue weighted by atomic mass is 15.1. The molecule has 4 heteroatoms. The van der Waals surface area contributed by atoms with Crippen molar-refractivity contribution < 1.29 is 0 Å². The summed E-state index contributed by atoms with van der Waals surface area (Å²) in [7, 11) is 0. The number of aromatic nitrogens is 2. The molecule has 102 valence electrons. The molecule has 1 aromatic carbocycles. The summed E-state index contributed by atoms with van der Waals surface area (Å²) in [5.41, 5.74) is 2.04. The summed E-state index contributed by atoms with van der Waals surface area (Å²) in [4.78, 5) is 0. The molecule has 0 amide bonds. The van der Waals surface area contributed by atoms with E-state index >= 15 is 0 Å². The van der Waals surface area contributed by atoms with Crippen LogP contribution in [0.4, 0.5) is 5.69 Å². The maximum atomic E-state index is 9.22.